The van der Waals surface area contributed by atoms with Gasteiger partial charge in [0, 0.05) is 28.9 Å². The second kappa shape index (κ2) is 8.57. The van der Waals surface area contributed by atoms with Crippen LogP contribution in [0.15, 0.2) is 65.1 Å². The zero-order valence-corrected chi connectivity index (χ0v) is 19.3. The quantitative estimate of drug-likeness (QED) is 0.356. The summed E-state index contributed by atoms with van der Waals surface area (Å²) in [6, 6.07) is 20.0. The van der Waals surface area contributed by atoms with E-state index >= 15 is 0 Å². The van der Waals surface area contributed by atoms with E-state index in [1.54, 1.807) is 0 Å². The molecule has 2 aliphatic rings. The predicted molar refractivity (Wildman–Crippen MR) is 132 cm³/mol. The van der Waals surface area contributed by atoms with Gasteiger partial charge < -0.3 is 15.0 Å². The third-order valence-electron chi connectivity index (χ3n) is 5.76. The van der Waals surface area contributed by atoms with Gasteiger partial charge in [0.1, 0.15) is 0 Å². The van der Waals surface area contributed by atoms with Crippen molar-refractivity contribution in [1.82, 2.24) is 0 Å². The van der Waals surface area contributed by atoms with Crippen molar-refractivity contribution in [3.05, 3.63) is 76.3 Å². The average molecular weight is 496 g/mol. The number of anilines is 3. The van der Waals surface area contributed by atoms with E-state index in [1.165, 1.54) is 26.6 Å². The lowest BCUT2D eigenvalue weighted by Crippen LogP contribution is -2.36. The molecule has 0 spiro atoms. The lowest BCUT2D eigenvalue weighted by Gasteiger charge is -2.29. The first-order chi connectivity index (χ1) is 15.1. The summed E-state index contributed by atoms with van der Waals surface area (Å²) in [6.07, 6.45) is 0.851. The van der Waals surface area contributed by atoms with E-state index in [4.69, 9.17) is 4.74 Å². The number of rotatable bonds is 3. The summed E-state index contributed by atoms with van der Waals surface area (Å²) in [6.45, 7) is 3.26. The van der Waals surface area contributed by atoms with Crippen LogP contribution in [0.3, 0.4) is 0 Å². The number of fused-ring (bicyclic) bond motifs is 3. The summed E-state index contributed by atoms with van der Waals surface area (Å²) < 4.78 is 7.84. The molecule has 0 unspecified atom stereocenters. The molecule has 0 atom stereocenters. The minimum absolute atomic E-state index is 0.291. The van der Waals surface area contributed by atoms with Crippen molar-refractivity contribution >= 4 is 51.8 Å². The lowest BCUT2D eigenvalue weighted by molar-refractivity contribution is 0.122. The smallest absolute Gasteiger partial charge is 0.336 e. The number of carbonyl (C=O) groups excluding carboxylic acids is 1. The maximum atomic E-state index is 12.8. The number of carbonyl (C=O) groups is 1. The monoisotopic (exact) mass is 495 g/mol. The molecule has 2 amide bonds. The van der Waals surface area contributed by atoms with Gasteiger partial charge in [0.25, 0.3) is 0 Å². The summed E-state index contributed by atoms with van der Waals surface area (Å²) in [4.78, 5) is 15.0. The van der Waals surface area contributed by atoms with Crippen molar-refractivity contribution in [2.45, 2.75) is 6.42 Å². The molecule has 5 rings (SSSR count). The van der Waals surface area contributed by atoms with E-state index in [1.807, 2.05) is 36.4 Å². The Morgan fingerprint density at radius 2 is 1.65 bits per heavy atom. The topological polar surface area (TPSA) is 44.8 Å². The molecule has 1 N–H and O–H groups in total. The molecule has 0 radical (unpaired) electrons. The number of nitrogens with one attached hydrogen (secondary N) is 1. The van der Waals surface area contributed by atoms with Crippen molar-refractivity contribution < 1.29 is 9.53 Å². The molecule has 1 aliphatic heterocycles. The fraction of sp³-hybridized carbons (Fsp3) is 0.208. The molecule has 0 saturated carbocycles. The highest BCUT2D eigenvalue weighted by Gasteiger charge is 2.21. The van der Waals surface area contributed by atoms with Crippen LogP contribution in [0.5, 0.6) is 0 Å². The molecule has 0 aromatic heterocycles. The molecular weight excluding hydrogens is 474 g/mol. The second-order valence-electron chi connectivity index (χ2n) is 7.71. The Morgan fingerprint density at radius 1 is 0.968 bits per heavy atom. The van der Waals surface area contributed by atoms with Gasteiger partial charge in [-0.3, -0.25) is 0 Å². The van der Waals surface area contributed by atoms with Crippen LogP contribution >= 0.6 is 28.7 Å². The Balaban J connectivity index is 1.27. The van der Waals surface area contributed by atoms with E-state index in [-0.39, 0.29) is 6.03 Å². The Morgan fingerprint density at radius 3 is 2.39 bits per heavy atom. The van der Waals surface area contributed by atoms with Crippen LogP contribution in [-0.4, -0.2) is 32.3 Å². The molecule has 1 fully saturated rings. The van der Waals surface area contributed by atoms with Crippen LogP contribution in [0, 0.1) is 0 Å². The fourth-order valence-electron chi connectivity index (χ4n) is 4.17. The van der Waals surface area contributed by atoms with Gasteiger partial charge in [-0.15, -0.1) is 0 Å². The SMILES string of the molecule is O=C(Nc1ccc(N2CCOCC2)cc1)N(S)c1ccc2c(c1)Cc1cc(Br)ccc1-2. The minimum atomic E-state index is -0.291. The number of nitrogens with zero attached hydrogens (tertiary/aromatic N) is 2. The largest absolute Gasteiger partial charge is 0.378 e. The van der Waals surface area contributed by atoms with Gasteiger partial charge in [-0.1, -0.05) is 40.9 Å². The first kappa shape index (κ1) is 20.4. The van der Waals surface area contributed by atoms with Gasteiger partial charge in [-0.25, -0.2) is 9.10 Å². The molecule has 3 aromatic rings. The van der Waals surface area contributed by atoms with Gasteiger partial charge in [0.05, 0.1) is 18.9 Å². The maximum Gasteiger partial charge on any atom is 0.336 e. The summed E-state index contributed by atoms with van der Waals surface area (Å²) in [5, 5.41) is 2.92. The number of morpholine rings is 1. The Bertz CT molecular complexity index is 1130. The van der Waals surface area contributed by atoms with Crippen molar-refractivity contribution in [2.24, 2.45) is 0 Å². The standard InChI is InChI=1S/C24H22BrN3O2S/c25-18-1-7-22-16(14-18)13-17-15-21(6-8-23(17)22)28(31)24(29)26-19-2-4-20(5-3-19)27-9-11-30-12-10-27/h1-8,14-15,31H,9-13H2,(H,26,29). The maximum absolute atomic E-state index is 12.8. The molecule has 1 saturated heterocycles. The van der Waals surface area contributed by atoms with Gasteiger partial charge in [0.15, 0.2) is 0 Å². The fourth-order valence-corrected chi connectivity index (χ4v) is 4.75. The Hall–Kier alpha value is -2.48. The van der Waals surface area contributed by atoms with Crippen LogP contribution in [0.4, 0.5) is 21.9 Å². The van der Waals surface area contributed by atoms with Crippen molar-refractivity contribution in [3.63, 3.8) is 0 Å². The summed E-state index contributed by atoms with van der Waals surface area (Å²) >= 11 is 8.00. The van der Waals surface area contributed by atoms with Gasteiger partial charge in [-0.2, -0.15) is 0 Å². The van der Waals surface area contributed by atoms with E-state index in [9.17, 15) is 4.79 Å². The molecule has 0 bridgehead atoms. The van der Waals surface area contributed by atoms with Gasteiger partial charge in [0.2, 0.25) is 0 Å². The van der Waals surface area contributed by atoms with Crippen LogP contribution in [0.2, 0.25) is 0 Å². The normalized spacial score (nSPS) is 14.7. The number of hydrogen-bond donors (Lipinski definition) is 2. The van der Waals surface area contributed by atoms with Gasteiger partial charge >= 0.3 is 6.03 Å². The van der Waals surface area contributed by atoms with Gasteiger partial charge in [-0.05, 0) is 77.2 Å². The molecule has 3 aromatic carbocycles. The molecular formula is C24H22BrN3O2S. The Labute approximate surface area is 195 Å². The lowest BCUT2D eigenvalue weighted by atomic mass is 10.1. The molecule has 1 aliphatic carbocycles. The second-order valence-corrected chi connectivity index (χ2v) is 9.02. The van der Waals surface area contributed by atoms with Crippen molar-refractivity contribution in [2.75, 3.05) is 40.8 Å². The summed E-state index contributed by atoms with van der Waals surface area (Å²) in [7, 11) is 0. The summed E-state index contributed by atoms with van der Waals surface area (Å²) in [5.74, 6) is 0. The number of halogens is 1. The zero-order chi connectivity index (χ0) is 21.4. The zero-order valence-electron chi connectivity index (χ0n) is 16.8. The van der Waals surface area contributed by atoms with Crippen LogP contribution < -0.4 is 14.5 Å². The molecule has 158 valence electrons. The van der Waals surface area contributed by atoms with E-state index in [0.29, 0.717) is 0 Å². The Kier molecular flexibility index (Phi) is 5.65. The third-order valence-corrected chi connectivity index (χ3v) is 6.66. The number of urea groups is 1. The average Bonchev–Trinajstić information content (AvgIpc) is 3.16. The van der Waals surface area contributed by atoms with E-state index in [0.717, 1.165) is 54.3 Å². The highest BCUT2D eigenvalue weighted by molar-refractivity contribution is 9.10. The molecule has 5 nitrogen and oxygen atoms in total. The number of amides is 2. The van der Waals surface area contributed by atoms with Crippen molar-refractivity contribution in [1.29, 1.82) is 0 Å². The van der Waals surface area contributed by atoms with E-state index in [2.05, 4.69) is 63.2 Å². The number of ether oxygens (including phenoxy) is 1. The van der Waals surface area contributed by atoms with Crippen LogP contribution in [0.1, 0.15) is 11.1 Å². The first-order valence-electron chi connectivity index (χ1n) is 10.2. The van der Waals surface area contributed by atoms with Crippen LogP contribution in [0.25, 0.3) is 11.1 Å². The molecule has 7 heteroatoms. The highest BCUT2D eigenvalue weighted by atomic mass is 79.9. The van der Waals surface area contributed by atoms with Crippen LogP contribution in [-0.2, 0) is 11.2 Å². The minimum Gasteiger partial charge on any atom is -0.378 e. The first-order valence-corrected chi connectivity index (χ1v) is 11.4. The number of hydrogen-bond acceptors (Lipinski definition) is 4. The third kappa shape index (κ3) is 4.18. The number of thiol groups is 1. The molecule has 31 heavy (non-hydrogen) atoms. The highest BCUT2D eigenvalue weighted by Crippen LogP contribution is 2.39. The van der Waals surface area contributed by atoms with E-state index < -0.39 is 0 Å². The number of benzene rings is 3. The summed E-state index contributed by atoms with van der Waals surface area (Å²) in [5.41, 5.74) is 7.57. The predicted octanol–water partition coefficient (Wildman–Crippen LogP) is 5.74. The molecule has 1 heterocycles. The van der Waals surface area contributed by atoms with Crippen molar-refractivity contribution in [3.8, 4) is 11.1 Å².